The average molecular weight is 254 g/mol. The van der Waals surface area contributed by atoms with Gasteiger partial charge in [0.25, 0.3) is 5.89 Å². The van der Waals surface area contributed by atoms with Crippen LogP contribution in [0.15, 0.2) is 35.1 Å². The molecule has 3 aromatic rings. The van der Waals surface area contributed by atoms with Crippen molar-refractivity contribution < 1.29 is 4.52 Å². The van der Waals surface area contributed by atoms with E-state index in [0.29, 0.717) is 23.2 Å². The van der Waals surface area contributed by atoms with Crippen LogP contribution in [0.25, 0.3) is 23.2 Å². The minimum Gasteiger partial charge on any atom is -0.384 e. The zero-order chi connectivity index (χ0) is 13.2. The zero-order valence-electron chi connectivity index (χ0n) is 10.1. The minimum atomic E-state index is 0.284. The highest BCUT2D eigenvalue weighted by Crippen LogP contribution is 2.18. The van der Waals surface area contributed by atoms with E-state index >= 15 is 0 Å². The Labute approximate surface area is 108 Å². The van der Waals surface area contributed by atoms with Gasteiger partial charge in [-0.05, 0) is 24.6 Å². The lowest BCUT2D eigenvalue weighted by atomic mass is 10.3. The second kappa shape index (κ2) is 4.45. The topological polar surface area (TPSA) is 104 Å². The summed E-state index contributed by atoms with van der Waals surface area (Å²) in [6.45, 7) is 1.90. The SMILES string of the molecule is Cc1cnc(-c2noc(-c3cccc(N)n3)n2)nc1. The smallest absolute Gasteiger partial charge is 0.277 e. The summed E-state index contributed by atoms with van der Waals surface area (Å²) in [6, 6.07) is 5.19. The maximum atomic E-state index is 5.60. The van der Waals surface area contributed by atoms with Gasteiger partial charge >= 0.3 is 0 Å². The largest absolute Gasteiger partial charge is 0.384 e. The molecule has 19 heavy (non-hydrogen) atoms. The van der Waals surface area contributed by atoms with E-state index in [-0.39, 0.29) is 5.89 Å². The van der Waals surface area contributed by atoms with E-state index in [2.05, 4.69) is 25.1 Å². The molecule has 0 fully saturated rings. The molecule has 2 N–H and O–H groups in total. The number of aromatic nitrogens is 5. The Hall–Kier alpha value is -2.83. The van der Waals surface area contributed by atoms with Gasteiger partial charge in [-0.1, -0.05) is 11.2 Å². The van der Waals surface area contributed by atoms with Gasteiger partial charge in [0.1, 0.15) is 11.5 Å². The number of rotatable bonds is 2. The van der Waals surface area contributed by atoms with E-state index in [1.54, 1.807) is 30.6 Å². The molecule has 0 aliphatic carbocycles. The molecular weight excluding hydrogens is 244 g/mol. The van der Waals surface area contributed by atoms with Gasteiger partial charge in [-0.25, -0.2) is 15.0 Å². The number of hydrogen-bond donors (Lipinski definition) is 1. The first-order valence-electron chi connectivity index (χ1n) is 5.58. The van der Waals surface area contributed by atoms with E-state index in [1.807, 2.05) is 6.92 Å². The Morgan fingerprint density at radius 3 is 2.58 bits per heavy atom. The highest BCUT2D eigenvalue weighted by Gasteiger charge is 2.13. The van der Waals surface area contributed by atoms with Gasteiger partial charge in [0.15, 0.2) is 0 Å². The second-order valence-electron chi connectivity index (χ2n) is 3.95. The van der Waals surface area contributed by atoms with Crippen LogP contribution in [0.4, 0.5) is 5.82 Å². The van der Waals surface area contributed by atoms with Crippen molar-refractivity contribution in [3.8, 4) is 23.2 Å². The Morgan fingerprint density at radius 1 is 1.05 bits per heavy atom. The van der Waals surface area contributed by atoms with Gasteiger partial charge in [0.05, 0.1) is 0 Å². The predicted molar refractivity (Wildman–Crippen MR) is 67.7 cm³/mol. The summed E-state index contributed by atoms with van der Waals surface area (Å²) in [5, 5.41) is 3.83. The lowest BCUT2D eigenvalue weighted by Gasteiger charge is -1.94. The summed E-state index contributed by atoms with van der Waals surface area (Å²) in [7, 11) is 0. The standard InChI is InChI=1S/C12H10N6O/c1-7-5-14-10(15-6-7)11-17-12(19-18-11)8-3-2-4-9(13)16-8/h2-6H,1H3,(H2,13,16). The summed E-state index contributed by atoms with van der Waals surface area (Å²) in [4.78, 5) is 16.6. The number of nitrogen functional groups attached to an aromatic ring is 1. The molecule has 7 heteroatoms. The average Bonchev–Trinajstić information content (AvgIpc) is 2.89. The molecule has 3 aromatic heterocycles. The number of nitrogens with zero attached hydrogens (tertiary/aromatic N) is 5. The predicted octanol–water partition coefficient (Wildman–Crippen LogP) is 1.48. The van der Waals surface area contributed by atoms with Crippen LogP contribution in [0.5, 0.6) is 0 Å². The highest BCUT2D eigenvalue weighted by molar-refractivity contribution is 5.53. The molecule has 0 radical (unpaired) electrons. The summed E-state index contributed by atoms with van der Waals surface area (Å²) < 4.78 is 5.13. The van der Waals surface area contributed by atoms with Crippen LogP contribution in [0.2, 0.25) is 0 Å². The molecule has 94 valence electrons. The molecule has 7 nitrogen and oxygen atoms in total. The maximum Gasteiger partial charge on any atom is 0.277 e. The Bertz CT molecular complexity index is 706. The van der Waals surface area contributed by atoms with Gasteiger partial charge in [-0.3, -0.25) is 0 Å². The van der Waals surface area contributed by atoms with Gasteiger partial charge in [0.2, 0.25) is 11.6 Å². The Balaban J connectivity index is 1.97. The summed E-state index contributed by atoms with van der Waals surface area (Å²) in [6.07, 6.45) is 3.38. The van der Waals surface area contributed by atoms with Crippen LogP contribution in [0.3, 0.4) is 0 Å². The van der Waals surface area contributed by atoms with Crippen molar-refractivity contribution in [2.75, 3.05) is 5.73 Å². The summed E-state index contributed by atoms with van der Waals surface area (Å²) in [5.41, 5.74) is 7.09. The van der Waals surface area contributed by atoms with E-state index < -0.39 is 0 Å². The first-order valence-corrected chi connectivity index (χ1v) is 5.58. The molecule has 0 bridgehead atoms. The third-order valence-electron chi connectivity index (χ3n) is 2.40. The third kappa shape index (κ3) is 2.25. The molecular formula is C12H10N6O. The van der Waals surface area contributed by atoms with Crippen LogP contribution in [0, 0.1) is 6.92 Å². The first kappa shape index (κ1) is 11.3. The van der Waals surface area contributed by atoms with Crippen molar-refractivity contribution >= 4 is 5.82 Å². The van der Waals surface area contributed by atoms with Crippen LogP contribution in [-0.2, 0) is 0 Å². The number of nitrogens with two attached hydrogens (primary N) is 1. The van der Waals surface area contributed by atoms with Crippen LogP contribution in [0.1, 0.15) is 5.56 Å². The molecule has 0 unspecified atom stereocenters. The number of anilines is 1. The van der Waals surface area contributed by atoms with E-state index in [4.69, 9.17) is 10.3 Å². The summed E-state index contributed by atoms with van der Waals surface area (Å²) in [5.74, 6) is 1.40. The monoisotopic (exact) mass is 254 g/mol. The Morgan fingerprint density at radius 2 is 1.84 bits per heavy atom. The fourth-order valence-electron chi connectivity index (χ4n) is 1.50. The molecule has 0 saturated heterocycles. The lowest BCUT2D eigenvalue weighted by molar-refractivity contribution is 0.430. The maximum absolute atomic E-state index is 5.60. The lowest BCUT2D eigenvalue weighted by Crippen LogP contribution is -1.92. The van der Waals surface area contributed by atoms with Crippen LogP contribution < -0.4 is 5.73 Å². The van der Waals surface area contributed by atoms with Crippen molar-refractivity contribution in [1.29, 1.82) is 0 Å². The van der Waals surface area contributed by atoms with E-state index in [0.717, 1.165) is 5.56 Å². The van der Waals surface area contributed by atoms with E-state index in [9.17, 15) is 0 Å². The van der Waals surface area contributed by atoms with Crippen molar-refractivity contribution in [2.24, 2.45) is 0 Å². The van der Waals surface area contributed by atoms with Crippen LogP contribution in [-0.4, -0.2) is 25.1 Å². The Kier molecular flexibility index (Phi) is 2.64. The van der Waals surface area contributed by atoms with Crippen LogP contribution >= 0.6 is 0 Å². The second-order valence-corrected chi connectivity index (χ2v) is 3.95. The normalized spacial score (nSPS) is 10.6. The third-order valence-corrected chi connectivity index (χ3v) is 2.40. The van der Waals surface area contributed by atoms with Crippen molar-refractivity contribution in [2.45, 2.75) is 6.92 Å². The van der Waals surface area contributed by atoms with Crippen molar-refractivity contribution in [3.05, 3.63) is 36.2 Å². The number of pyridine rings is 1. The van der Waals surface area contributed by atoms with Gasteiger partial charge < -0.3 is 10.3 Å². The van der Waals surface area contributed by atoms with Crippen molar-refractivity contribution in [1.82, 2.24) is 25.1 Å². The van der Waals surface area contributed by atoms with Gasteiger partial charge in [-0.15, -0.1) is 0 Å². The van der Waals surface area contributed by atoms with Crippen molar-refractivity contribution in [3.63, 3.8) is 0 Å². The molecule has 3 heterocycles. The highest BCUT2D eigenvalue weighted by atomic mass is 16.5. The minimum absolute atomic E-state index is 0.284. The first-order chi connectivity index (χ1) is 9.22. The molecule has 0 aromatic carbocycles. The quantitative estimate of drug-likeness (QED) is 0.738. The number of hydrogen-bond acceptors (Lipinski definition) is 7. The zero-order valence-corrected chi connectivity index (χ0v) is 10.1. The summed E-state index contributed by atoms with van der Waals surface area (Å²) >= 11 is 0. The molecule has 0 saturated carbocycles. The van der Waals surface area contributed by atoms with Gasteiger partial charge in [-0.2, -0.15) is 4.98 Å². The number of aryl methyl sites for hydroxylation is 1. The molecule has 0 amide bonds. The molecule has 3 rings (SSSR count). The van der Waals surface area contributed by atoms with E-state index in [1.165, 1.54) is 0 Å². The fourth-order valence-corrected chi connectivity index (χ4v) is 1.50. The molecule has 0 aliphatic heterocycles. The fraction of sp³-hybridized carbons (Fsp3) is 0.0833. The molecule has 0 atom stereocenters. The van der Waals surface area contributed by atoms with Gasteiger partial charge in [0, 0.05) is 12.4 Å². The molecule has 0 aliphatic rings. The molecule has 0 spiro atoms.